The molecule has 40 heavy (non-hydrogen) atoms. The second-order valence-electron chi connectivity index (χ2n) is 8.63. The number of carbonyl (C=O) groups is 1. The number of amidine groups is 1. The van der Waals surface area contributed by atoms with Crippen molar-refractivity contribution in [3.8, 4) is 5.75 Å². The van der Waals surface area contributed by atoms with Crippen LogP contribution in [0.15, 0.2) is 110 Å². The number of hydrogen-bond acceptors (Lipinski definition) is 6. The molecule has 202 valence electrons. The minimum absolute atomic E-state index is 0.0252. The molecule has 0 saturated carbocycles. The van der Waals surface area contributed by atoms with Gasteiger partial charge in [0.25, 0.3) is 5.91 Å². The molecule has 1 aliphatic heterocycles. The first-order valence-corrected chi connectivity index (χ1v) is 15.5. The molecule has 6 nitrogen and oxygen atoms in total. The number of carbonyl (C=O) groups excluding carboxylic acids is 1. The van der Waals surface area contributed by atoms with E-state index in [1.165, 1.54) is 23.1 Å². The van der Waals surface area contributed by atoms with Crippen LogP contribution in [0.25, 0.3) is 6.08 Å². The lowest BCUT2D eigenvalue weighted by molar-refractivity contribution is -0.113. The molecule has 0 N–H and O–H groups in total. The Hall–Kier alpha value is -3.08. The van der Waals surface area contributed by atoms with Crippen molar-refractivity contribution < 1.29 is 17.4 Å². The Balaban J connectivity index is 1.55. The predicted octanol–water partition coefficient (Wildman–Crippen LogP) is 8.64. The molecule has 4 aromatic carbocycles. The second-order valence-corrected chi connectivity index (χ2v) is 13.0. The Morgan fingerprint density at radius 1 is 0.900 bits per heavy atom. The van der Waals surface area contributed by atoms with Crippen LogP contribution in [0.2, 0.25) is 10.0 Å². The highest BCUT2D eigenvalue weighted by molar-refractivity contribution is 9.10. The Kier molecular flexibility index (Phi) is 8.39. The Labute approximate surface area is 254 Å². The van der Waals surface area contributed by atoms with Gasteiger partial charge in [-0.1, -0.05) is 56.8 Å². The van der Waals surface area contributed by atoms with Gasteiger partial charge in [-0.3, -0.25) is 9.69 Å². The first-order chi connectivity index (χ1) is 19.1. The quantitative estimate of drug-likeness (QED) is 0.151. The number of aliphatic imine (C=N–C) groups is 1. The molecule has 1 amide bonds. The van der Waals surface area contributed by atoms with Crippen LogP contribution in [0.3, 0.4) is 0 Å². The number of benzene rings is 4. The van der Waals surface area contributed by atoms with E-state index in [-0.39, 0.29) is 16.6 Å². The summed E-state index contributed by atoms with van der Waals surface area (Å²) in [5.41, 5.74) is 2.50. The van der Waals surface area contributed by atoms with Gasteiger partial charge in [0.2, 0.25) is 0 Å². The summed E-state index contributed by atoms with van der Waals surface area (Å²) in [6, 6.07) is 25.0. The molecule has 5 rings (SSSR count). The summed E-state index contributed by atoms with van der Waals surface area (Å²) in [6.45, 7) is 1.87. The maximum Gasteiger partial charge on any atom is 0.339 e. The van der Waals surface area contributed by atoms with Gasteiger partial charge in [-0.15, -0.1) is 0 Å². The van der Waals surface area contributed by atoms with E-state index < -0.39 is 10.1 Å². The van der Waals surface area contributed by atoms with E-state index in [2.05, 4.69) is 20.9 Å². The van der Waals surface area contributed by atoms with Crippen molar-refractivity contribution in [1.82, 2.24) is 0 Å². The highest BCUT2D eigenvalue weighted by Crippen LogP contribution is 2.39. The maximum atomic E-state index is 13.7. The number of halogens is 3. The summed E-state index contributed by atoms with van der Waals surface area (Å²) in [5.74, 6) is -0.266. The number of nitrogens with zero attached hydrogens (tertiary/aromatic N) is 2. The third-order valence-electron chi connectivity index (χ3n) is 5.71. The lowest BCUT2D eigenvalue weighted by Gasteiger charge is -2.15. The van der Waals surface area contributed by atoms with Crippen molar-refractivity contribution >= 4 is 89.5 Å². The van der Waals surface area contributed by atoms with Crippen LogP contribution in [0.4, 0.5) is 11.4 Å². The van der Waals surface area contributed by atoms with Crippen molar-refractivity contribution in [3.63, 3.8) is 0 Å². The normalized spacial score (nSPS) is 15.7. The van der Waals surface area contributed by atoms with Crippen LogP contribution in [0.5, 0.6) is 5.75 Å². The van der Waals surface area contributed by atoms with Gasteiger partial charge in [-0.05, 0) is 104 Å². The van der Waals surface area contributed by atoms with E-state index in [0.29, 0.717) is 41.5 Å². The zero-order valence-electron chi connectivity index (χ0n) is 20.7. The third kappa shape index (κ3) is 6.45. The average molecular weight is 674 g/mol. The lowest BCUT2D eigenvalue weighted by atomic mass is 10.2. The second kappa shape index (κ2) is 11.8. The van der Waals surface area contributed by atoms with E-state index in [0.717, 1.165) is 17.3 Å². The summed E-state index contributed by atoms with van der Waals surface area (Å²) in [7, 11) is -4.12. The highest BCUT2D eigenvalue weighted by atomic mass is 79.9. The van der Waals surface area contributed by atoms with Crippen LogP contribution in [0.1, 0.15) is 11.1 Å². The smallest absolute Gasteiger partial charge is 0.339 e. The molecule has 0 radical (unpaired) electrons. The molecule has 1 aliphatic rings. The van der Waals surface area contributed by atoms with Crippen molar-refractivity contribution in [3.05, 3.63) is 122 Å². The standard InChI is InChI=1S/C29H19BrCl2N2O4S2/c1-18-2-13-25(14-3-18)40(36,37)38-26-15-4-20(30)16-19(26)17-27-28(35)34(24-11-7-22(32)8-12-24)29(39-27)33-23-9-5-21(31)6-10-23/h2-17H,1H3/b27-17-,33-29?. The van der Waals surface area contributed by atoms with Crippen LogP contribution >= 0.6 is 50.9 Å². The zero-order chi connectivity index (χ0) is 28.4. The summed E-state index contributed by atoms with van der Waals surface area (Å²) >= 11 is 16.7. The first kappa shape index (κ1) is 28.4. The van der Waals surface area contributed by atoms with Crippen molar-refractivity contribution in [2.75, 3.05) is 4.90 Å². The van der Waals surface area contributed by atoms with Gasteiger partial charge < -0.3 is 4.18 Å². The molecular formula is C29H19BrCl2N2O4S2. The fourth-order valence-electron chi connectivity index (χ4n) is 3.71. The van der Waals surface area contributed by atoms with Gasteiger partial charge in [0.15, 0.2) is 5.17 Å². The Morgan fingerprint density at radius 2 is 1.52 bits per heavy atom. The molecule has 1 fully saturated rings. The summed E-state index contributed by atoms with van der Waals surface area (Å²) < 4.78 is 32.3. The molecule has 0 aromatic heterocycles. The average Bonchev–Trinajstić information content (AvgIpc) is 3.22. The summed E-state index contributed by atoms with van der Waals surface area (Å²) in [5, 5.41) is 1.50. The topological polar surface area (TPSA) is 76.0 Å². The van der Waals surface area contributed by atoms with Crippen LogP contribution in [-0.4, -0.2) is 19.5 Å². The number of rotatable bonds is 6. The summed E-state index contributed by atoms with van der Waals surface area (Å²) in [4.78, 5) is 20.2. The van der Waals surface area contributed by atoms with Crippen molar-refractivity contribution in [2.45, 2.75) is 11.8 Å². The number of amides is 1. The molecule has 0 atom stereocenters. The molecule has 1 saturated heterocycles. The van der Waals surface area contributed by atoms with Gasteiger partial charge in [-0.2, -0.15) is 8.42 Å². The summed E-state index contributed by atoms with van der Waals surface area (Å²) in [6.07, 6.45) is 1.59. The molecule has 0 bridgehead atoms. The fourth-order valence-corrected chi connectivity index (χ4v) is 6.29. The largest absolute Gasteiger partial charge is 0.378 e. The van der Waals surface area contributed by atoms with Gasteiger partial charge in [0, 0.05) is 20.1 Å². The SMILES string of the molecule is Cc1ccc(S(=O)(=O)Oc2ccc(Br)cc2/C=C2\SC(=Nc3ccc(Cl)cc3)N(c3ccc(Cl)cc3)C2=O)cc1. The van der Waals surface area contributed by atoms with E-state index in [9.17, 15) is 13.2 Å². The Morgan fingerprint density at radius 3 is 2.17 bits per heavy atom. The van der Waals surface area contributed by atoms with Gasteiger partial charge in [0.05, 0.1) is 16.3 Å². The minimum atomic E-state index is -4.12. The number of thioether (sulfide) groups is 1. The minimum Gasteiger partial charge on any atom is -0.378 e. The molecule has 0 aliphatic carbocycles. The van der Waals surface area contributed by atoms with E-state index in [1.807, 2.05) is 6.92 Å². The predicted molar refractivity (Wildman–Crippen MR) is 166 cm³/mol. The first-order valence-electron chi connectivity index (χ1n) is 11.7. The highest BCUT2D eigenvalue weighted by Gasteiger charge is 2.35. The number of anilines is 1. The molecular weight excluding hydrogens is 655 g/mol. The maximum absolute atomic E-state index is 13.7. The van der Waals surface area contributed by atoms with Crippen LogP contribution in [-0.2, 0) is 14.9 Å². The Bertz CT molecular complexity index is 1760. The van der Waals surface area contributed by atoms with Gasteiger partial charge >= 0.3 is 10.1 Å². The molecule has 1 heterocycles. The van der Waals surface area contributed by atoms with E-state index in [1.54, 1.807) is 78.9 Å². The zero-order valence-corrected chi connectivity index (χ0v) is 25.4. The van der Waals surface area contributed by atoms with E-state index >= 15 is 0 Å². The monoisotopic (exact) mass is 672 g/mol. The van der Waals surface area contributed by atoms with Crippen molar-refractivity contribution in [2.24, 2.45) is 4.99 Å². The molecule has 11 heteroatoms. The molecule has 0 unspecified atom stereocenters. The van der Waals surface area contributed by atoms with Crippen LogP contribution in [0, 0.1) is 6.92 Å². The third-order valence-corrected chi connectivity index (χ3v) is 8.92. The van der Waals surface area contributed by atoms with Crippen LogP contribution < -0.4 is 9.08 Å². The van der Waals surface area contributed by atoms with Gasteiger partial charge in [-0.25, -0.2) is 4.99 Å². The lowest BCUT2D eigenvalue weighted by Crippen LogP contribution is -2.28. The van der Waals surface area contributed by atoms with Gasteiger partial charge in [0.1, 0.15) is 10.6 Å². The number of aryl methyl sites for hydroxylation is 1. The van der Waals surface area contributed by atoms with Crippen molar-refractivity contribution in [1.29, 1.82) is 0 Å². The molecule has 0 spiro atoms. The van der Waals surface area contributed by atoms with E-state index in [4.69, 9.17) is 27.4 Å². The number of hydrogen-bond donors (Lipinski definition) is 0. The fraction of sp³-hybridized carbons (Fsp3) is 0.0345. The molecule has 4 aromatic rings.